The highest BCUT2D eigenvalue weighted by molar-refractivity contribution is 7.71. The molecule has 0 radical (unpaired) electrons. The Hall–Kier alpha value is -2.02. The van der Waals surface area contributed by atoms with Gasteiger partial charge < -0.3 is 14.5 Å². The summed E-state index contributed by atoms with van der Waals surface area (Å²) in [5.74, 6) is -0.693. The van der Waals surface area contributed by atoms with Crippen molar-refractivity contribution in [1.82, 2.24) is 14.5 Å². The van der Waals surface area contributed by atoms with Crippen molar-refractivity contribution < 1.29 is 13.6 Å². The number of H-pyrrole nitrogens is 1. The van der Waals surface area contributed by atoms with Gasteiger partial charge in [-0.3, -0.25) is 4.79 Å². The second-order valence-electron chi connectivity index (χ2n) is 7.76. The fourth-order valence-corrected chi connectivity index (χ4v) is 4.70. The van der Waals surface area contributed by atoms with Gasteiger partial charge in [0.15, 0.2) is 4.77 Å². The summed E-state index contributed by atoms with van der Waals surface area (Å²) in [5, 5.41) is 0. The van der Waals surface area contributed by atoms with Crippen LogP contribution >= 0.6 is 12.2 Å². The molecule has 2 heterocycles. The number of imidazole rings is 1. The number of hydrogen-bond acceptors (Lipinski definition) is 2. The number of halogens is 2. The molecule has 0 spiro atoms. The molecule has 1 saturated carbocycles. The number of rotatable bonds is 6. The minimum Gasteiger partial charge on any atom is -0.345 e. The van der Waals surface area contributed by atoms with Crippen molar-refractivity contribution in [2.75, 3.05) is 13.6 Å². The number of nitrogens with one attached hydrogen (secondary N) is 1. The molecule has 0 unspecified atom stereocenters. The number of likely N-dealkylation sites (N-methyl/N-ethyl adjacent to an activating group) is 1. The monoisotopic (exact) mass is 391 g/mol. The van der Waals surface area contributed by atoms with Gasteiger partial charge in [-0.2, -0.15) is 0 Å². The molecular weight excluding hydrogens is 368 g/mol. The van der Waals surface area contributed by atoms with Gasteiger partial charge in [0.1, 0.15) is 11.6 Å². The average Bonchev–Trinajstić information content (AvgIpc) is 3.13. The minimum absolute atomic E-state index is 0.0400. The molecule has 0 saturated heterocycles. The molecule has 1 aromatic heterocycles. The van der Waals surface area contributed by atoms with E-state index in [-0.39, 0.29) is 24.1 Å². The summed E-state index contributed by atoms with van der Waals surface area (Å²) < 4.78 is 30.6. The Balaban J connectivity index is 1.61. The Morgan fingerprint density at radius 2 is 2.22 bits per heavy atom. The first-order chi connectivity index (χ1) is 12.9. The average molecular weight is 391 g/mol. The number of carbonyl (C=O) groups excluding carboxylic acids is 1. The third-order valence-electron chi connectivity index (χ3n) is 6.01. The van der Waals surface area contributed by atoms with Crippen LogP contribution in [0.1, 0.15) is 49.1 Å². The fourth-order valence-electron chi connectivity index (χ4n) is 4.41. The zero-order chi connectivity index (χ0) is 19.3. The molecule has 2 aliphatic rings. The molecule has 27 heavy (non-hydrogen) atoms. The third kappa shape index (κ3) is 2.92. The lowest BCUT2D eigenvalue weighted by atomic mass is 9.93. The fraction of sp³-hybridized carbons (Fsp3) is 0.500. The van der Waals surface area contributed by atoms with E-state index >= 15 is 0 Å². The maximum atomic E-state index is 14.4. The van der Waals surface area contributed by atoms with Crippen LogP contribution in [-0.2, 0) is 23.2 Å². The Morgan fingerprint density at radius 3 is 2.96 bits per heavy atom. The number of aromatic nitrogens is 2. The van der Waals surface area contributed by atoms with Crippen LogP contribution in [0.25, 0.3) is 0 Å². The summed E-state index contributed by atoms with van der Waals surface area (Å²) in [7, 11) is 1.81. The van der Waals surface area contributed by atoms with Gasteiger partial charge in [-0.15, -0.1) is 0 Å². The van der Waals surface area contributed by atoms with Crippen molar-refractivity contribution in [3.63, 3.8) is 0 Å². The van der Waals surface area contributed by atoms with E-state index in [2.05, 4.69) is 11.9 Å². The predicted octanol–water partition coefficient (Wildman–Crippen LogP) is 4.06. The largest absolute Gasteiger partial charge is 0.345 e. The van der Waals surface area contributed by atoms with Gasteiger partial charge in [0, 0.05) is 42.9 Å². The molecule has 144 valence electrons. The van der Waals surface area contributed by atoms with Crippen molar-refractivity contribution in [3.8, 4) is 0 Å². The number of aromatic amines is 1. The second kappa shape index (κ2) is 6.55. The van der Waals surface area contributed by atoms with Crippen molar-refractivity contribution in [2.45, 2.75) is 50.5 Å². The van der Waals surface area contributed by atoms with E-state index in [0.717, 1.165) is 43.3 Å². The standard InChI is InChI=1S/C20H23F2N3OS/c1-3-4-7-24(2)17(26)9-16-18-14-10-20(14,11-25(18)19(27)23-16)13-8-12(21)5-6-15(13)22/h5-6,8,14H,3-4,7,9-11H2,1-2H3,(H,23,27)/t14-,20+/m0/s1. The molecule has 2 aromatic rings. The van der Waals surface area contributed by atoms with E-state index in [0.29, 0.717) is 16.9 Å². The number of benzene rings is 1. The highest BCUT2D eigenvalue weighted by atomic mass is 32.1. The molecule has 0 bridgehead atoms. The van der Waals surface area contributed by atoms with Crippen LogP contribution in [0.3, 0.4) is 0 Å². The van der Waals surface area contributed by atoms with Gasteiger partial charge in [-0.25, -0.2) is 8.78 Å². The molecule has 1 aliphatic heterocycles. The molecule has 1 amide bonds. The zero-order valence-corrected chi connectivity index (χ0v) is 16.3. The summed E-state index contributed by atoms with van der Waals surface area (Å²) >= 11 is 5.43. The Bertz CT molecular complexity index is 967. The van der Waals surface area contributed by atoms with Gasteiger partial charge in [-0.05, 0) is 48.8 Å². The van der Waals surface area contributed by atoms with E-state index in [9.17, 15) is 13.6 Å². The first-order valence-corrected chi connectivity index (χ1v) is 9.79. The third-order valence-corrected chi connectivity index (χ3v) is 6.34. The lowest BCUT2D eigenvalue weighted by Crippen LogP contribution is -2.29. The SMILES string of the molecule is CCCCN(C)C(=O)Cc1[nH]c(=S)n2c1[C@@H]1C[C@]1(c1cc(F)ccc1F)C2. The van der Waals surface area contributed by atoms with Crippen LogP contribution in [0, 0.1) is 16.4 Å². The van der Waals surface area contributed by atoms with E-state index in [1.54, 1.807) is 4.90 Å². The minimum atomic E-state index is -0.434. The molecule has 4 rings (SSSR count). The smallest absolute Gasteiger partial charge is 0.228 e. The van der Waals surface area contributed by atoms with Crippen molar-refractivity contribution in [2.24, 2.45) is 0 Å². The van der Waals surface area contributed by atoms with Crippen LogP contribution < -0.4 is 0 Å². The number of nitrogens with zero attached hydrogens (tertiary/aromatic N) is 2. The normalized spacial score (nSPS) is 22.4. The highest BCUT2D eigenvalue weighted by Crippen LogP contribution is 2.66. The lowest BCUT2D eigenvalue weighted by Gasteiger charge is -2.16. The molecular formula is C20H23F2N3OS. The van der Waals surface area contributed by atoms with Crippen LogP contribution in [0.2, 0.25) is 0 Å². The van der Waals surface area contributed by atoms with Gasteiger partial charge >= 0.3 is 0 Å². The van der Waals surface area contributed by atoms with Crippen LogP contribution in [0.5, 0.6) is 0 Å². The number of amides is 1. The number of carbonyl (C=O) groups is 1. The molecule has 1 aliphatic carbocycles. The molecule has 4 nitrogen and oxygen atoms in total. The van der Waals surface area contributed by atoms with Crippen LogP contribution in [0.15, 0.2) is 18.2 Å². The molecule has 1 N–H and O–H groups in total. The Labute approximate surface area is 162 Å². The summed E-state index contributed by atoms with van der Waals surface area (Å²) in [4.78, 5) is 17.5. The summed E-state index contributed by atoms with van der Waals surface area (Å²) in [5.41, 5.74) is 1.79. The van der Waals surface area contributed by atoms with Gasteiger partial charge in [-0.1, -0.05) is 13.3 Å². The number of fused-ring (bicyclic) bond motifs is 3. The van der Waals surface area contributed by atoms with Crippen LogP contribution in [-0.4, -0.2) is 34.0 Å². The molecule has 1 aromatic carbocycles. The molecule has 2 atom stereocenters. The Morgan fingerprint density at radius 1 is 1.44 bits per heavy atom. The number of hydrogen-bond donors (Lipinski definition) is 1. The number of unbranched alkanes of at least 4 members (excludes halogenated alkanes) is 1. The lowest BCUT2D eigenvalue weighted by molar-refractivity contribution is -0.129. The highest BCUT2D eigenvalue weighted by Gasteiger charge is 2.63. The predicted molar refractivity (Wildman–Crippen MR) is 101 cm³/mol. The van der Waals surface area contributed by atoms with Crippen molar-refractivity contribution >= 4 is 18.1 Å². The topological polar surface area (TPSA) is 41.0 Å². The summed E-state index contributed by atoms with van der Waals surface area (Å²) in [6.07, 6.45) is 3.01. The summed E-state index contributed by atoms with van der Waals surface area (Å²) in [6, 6.07) is 3.64. The molecule has 7 heteroatoms. The second-order valence-corrected chi connectivity index (χ2v) is 8.15. The first kappa shape index (κ1) is 18.3. The van der Waals surface area contributed by atoms with E-state index in [1.165, 1.54) is 12.1 Å². The Kier molecular flexibility index (Phi) is 4.45. The zero-order valence-electron chi connectivity index (χ0n) is 15.5. The van der Waals surface area contributed by atoms with Crippen LogP contribution in [0.4, 0.5) is 8.78 Å². The van der Waals surface area contributed by atoms with Crippen molar-refractivity contribution in [3.05, 3.63) is 51.6 Å². The first-order valence-electron chi connectivity index (χ1n) is 9.38. The quantitative estimate of drug-likeness (QED) is 0.755. The van der Waals surface area contributed by atoms with E-state index in [1.807, 2.05) is 11.6 Å². The maximum Gasteiger partial charge on any atom is 0.228 e. The maximum absolute atomic E-state index is 14.4. The van der Waals surface area contributed by atoms with E-state index < -0.39 is 11.2 Å². The van der Waals surface area contributed by atoms with Gasteiger partial charge in [0.2, 0.25) is 5.91 Å². The molecule has 1 fully saturated rings. The summed E-state index contributed by atoms with van der Waals surface area (Å²) in [6.45, 7) is 3.35. The van der Waals surface area contributed by atoms with E-state index in [4.69, 9.17) is 12.2 Å². The van der Waals surface area contributed by atoms with Gasteiger partial charge in [0.05, 0.1) is 6.42 Å². The van der Waals surface area contributed by atoms with Gasteiger partial charge in [0.25, 0.3) is 0 Å². The van der Waals surface area contributed by atoms with Crippen molar-refractivity contribution in [1.29, 1.82) is 0 Å².